The predicted molar refractivity (Wildman–Crippen MR) is 59.6 cm³/mol. The predicted octanol–water partition coefficient (Wildman–Crippen LogP) is 0.904. The molecule has 5 nitrogen and oxygen atoms in total. The number of carbonyl (C=O) groups excluding carboxylic acids is 1. The second kappa shape index (κ2) is 4.40. The highest BCUT2D eigenvalue weighted by molar-refractivity contribution is 5.89. The molecule has 0 unspecified atom stereocenters. The largest absolute Gasteiger partial charge is 0.497 e. The van der Waals surface area contributed by atoms with Crippen LogP contribution >= 0.6 is 0 Å². The third-order valence-corrected chi connectivity index (χ3v) is 2.49. The van der Waals surface area contributed by atoms with E-state index in [0.29, 0.717) is 18.8 Å². The van der Waals surface area contributed by atoms with Crippen LogP contribution in [-0.4, -0.2) is 42.3 Å². The van der Waals surface area contributed by atoms with Gasteiger partial charge in [0.1, 0.15) is 5.75 Å². The van der Waals surface area contributed by atoms with Crippen LogP contribution in [0.2, 0.25) is 0 Å². The number of anilines is 1. The number of methoxy groups -OCH3 is 1. The lowest BCUT2D eigenvalue weighted by molar-refractivity contribution is 0.0309. The molecule has 0 aromatic heterocycles. The van der Waals surface area contributed by atoms with Gasteiger partial charge in [-0.25, -0.2) is 4.79 Å². The summed E-state index contributed by atoms with van der Waals surface area (Å²) >= 11 is 0. The van der Waals surface area contributed by atoms with Gasteiger partial charge >= 0.3 is 6.03 Å². The van der Waals surface area contributed by atoms with Gasteiger partial charge in [0.05, 0.1) is 26.3 Å². The number of carbonyl (C=O) groups is 1. The van der Waals surface area contributed by atoms with E-state index in [1.54, 1.807) is 36.3 Å². The maximum atomic E-state index is 11.6. The summed E-state index contributed by atoms with van der Waals surface area (Å²) in [5, 5.41) is 11.8. The summed E-state index contributed by atoms with van der Waals surface area (Å²) < 4.78 is 5.01. The molecule has 0 saturated carbocycles. The van der Waals surface area contributed by atoms with E-state index in [-0.39, 0.29) is 12.1 Å². The van der Waals surface area contributed by atoms with Gasteiger partial charge in [0.15, 0.2) is 0 Å². The van der Waals surface area contributed by atoms with Crippen molar-refractivity contribution in [1.29, 1.82) is 0 Å². The first kappa shape index (κ1) is 10.8. The van der Waals surface area contributed by atoms with Crippen LogP contribution in [0.1, 0.15) is 0 Å². The number of nitrogens with one attached hydrogen (secondary N) is 1. The third-order valence-electron chi connectivity index (χ3n) is 2.49. The minimum Gasteiger partial charge on any atom is -0.497 e. The molecule has 0 spiro atoms. The van der Waals surface area contributed by atoms with Gasteiger partial charge in [-0.2, -0.15) is 0 Å². The fraction of sp³-hybridized carbons (Fsp3) is 0.364. The van der Waals surface area contributed by atoms with Crippen molar-refractivity contribution in [2.45, 2.75) is 6.10 Å². The van der Waals surface area contributed by atoms with E-state index in [0.717, 1.165) is 5.75 Å². The number of aliphatic hydroxyl groups is 1. The smallest absolute Gasteiger partial charge is 0.322 e. The highest BCUT2D eigenvalue weighted by atomic mass is 16.5. The second-order valence-electron chi connectivity index (χ2n) is 3.72. The number of likely N-dealkylation sites (tertiary alicyclic amines) is 1. The fourth-order valence-corrected chi connectivity index (χ4v) is 1.50. The van der Waals surface area contributed by atoms with Crippen LogP contribution in [0.5, 0.6) is 5.75 Å². The van der Waals surface area contributed by atoms with E-state index in [1.807, 2.05) is 0 Å². The van der Waals surface area contributed by atoms with Crippen LogP contribution in [0.4, 0.5) is 10.5 Å². The second-order valence-corrected chi connectivity index (χ2v) is 3.72. The summed E-state index contributed by atoms with van der Waals surface area (Å²) in [5.41, 5.74) is 0.715. The van der Waals surface area contributed by atoms with Crippen LogP contribution in [-0.2, 0) is 0 Å². The van der Waals surface area contributed by atoms with Crippen molar-refractivity contribution in [1.82, 2.24) is 4.90 Å². The number of amides is 2. The number of nitrogens with zero attached hydrogens (tertiary/aromatic N) is 1. The zero-order valence-electron chi connectivity index (χ0n) is 9.01. The Hall–Kier alpha value is -1.75. The van der Waals surface area contributed by atoms with E-state index in [4.69, 9.17) is 9.84 Å². The topological polar surface area (TPSA) is 61.8 Å². The Balaban J connectivity index is 1.90. The normalized spacial score (nSPS) is 15.5. The van der Waals surface area contributed by atoms with Gasteiger partial charge in [-0.15, -0.1) is 0 Å². The third kappa shape index (κ3) is 2.25. The van der Waals surface area contributed by atoms with Gasteiger partial charge < -0.3 is 20.1 Å². The Morgan fingerprint density at radius 3 is 2.56 bits per heavy atom. The maximum Gasteiger partial charge on any atom is 0.322 e. The first-order chi connectivity index (χ1) is 7.69. The summed E-state index contributed by atoms with van der Waals surface area (Å²) in [6.07, 6.45) is -0.374. The first-order valence-electron chi connectivity index (χ1n) is 5.07. The molecular formula is C11H14N2O3. The summed E-state index contributed by atoms with van der Waals surface area (Å²) in [4.78, 5) is 13.1. The molecule has 1 aromatic rings. The summed E-state index contributed by atoms with van der Waals surface area (Å²) in [7, 11) is 1.59. The van der Waals surface area contributed by atoms with E-state index in [2.05, 4.69) is 5.32 Å². The molecule has 1 aliphatic heterocycles. The fourth-order valence-electron chi connectivity index (χ4n) is 1.50. The van der Waals surface area contributed by atoms with Crippen LogP contribution in [0.25, 0.3) is 0 Å². The molecule has 0 aliphatic carbocycles. The van der Waals surface area contributed by atoms with E-state index < -0.39 is 0 Å². The lowest BCUT2D eigenvalue weighted by Gasteiger charge is -2.35. The first-order valence-corrected chi connectivity index (χ1v) is 5.07. The van der Waals surface area contributed by atoms with Gasteiger partial charge in [0.2, 0.25) is 0 Å². The molecule has 2 N–H and O–H groups in total. The van der Waals surface area contributed by atoms with Crippen molar-refractivity contribution < 1.29 is 14.6 Å². The monoisotopic (exact) mass is 222 g/mol. The van der Waals surface area contributed by atoms with Crippen molar-refractivity contribution in [3.63, 3.8) is 0 Å². The average Bonchev–Trinajstić information content (AvgIpc) is 2.26. The molecule has 1 heterocycles. The van der Waals surface area contributed by atoms with Crippen LogP contribution in [0, 0.1) is 0 Å². The van der Waals surface area contributed by atoms with Gasteiger partial charge in [-0.3, -0.25) is 0 Å². The van der Waals surface area contributed by atoms with Crippen molar-refractivity contribution in [2.24, 2.45) is 0 Å². The molecule has 1 aliphatic rings. The highest BCUT2D eigenvalue weighted by Crippen LogP contribution is 2.16. The molecule has 2 rings (SSSR count). The lowest BCUT2D eigenvalue weighted by Crippen LogP contribution is -2.54. The highest BCUT2D eigenvalue weighted by Gasteiger charge is 2.28. The number of hydrogen-bond donors (Lipinski definition) is 2. The molecule has 16 heavy (non-hydrogen) atoms. The van der Waals surface area contributed by atoms with Crippen molar-refractivity contribution in [3.8, 4) is 5.75 Å². The number of hydrogen-bond acceptors (Lipinski definition) is 3. The van der Waals surface area contributed by atoms with Crippen LogP contribution in [0.15, 0.2) is 24.3 Å². The number of ether oxygens (including phenoxy) is 1. The van der Waals surface area contributed by atoms with Crippen molar-refractivity contribution >= 4 is 11.7 Å². The Morgan fingerprint density at radius 1 is 1.44 bits per heavy atom. The van der Waals surface area contributed by atoms with E-state index in [1.165, 1.54) is 0 Å². The Morgan fingerprint density at radius 2 is 2.06 bits per heavy atom. The molecule has 0 bridgehead atoms. The number of rotatable bonds is 2. The van der Waals surface area contributed by atoms with Crippen molar-refractivity contribution in [3.05, 3.63) is 24.3 Å². The van der Waals surface area contributed by atoms with Crippen LogP contribution < -0.4 is 10.1 Å². The number of β-amino-alcohol motifs (C(OH)–C–C–N with tert-alkyl or cyclic N) is 1. The van der Waals surface area contributed by atoms with E-state index >= 15 is 0 Å². The van der Waals surface area contributed by atoms with Crippen molar-refractivity contribution in [2.75, 3.05) is 25.5 Å². The summed E-state index contributed by atoms with van der Waals surface area (Å²) in [6.45, 7) is 0.810. The molecular weight excluding hydrogens is 208 g/mol. The summed E-state index contributed by atoms with van der Waals surface area (Å²) in [5.74, 6) is 0.748. The standard InChI is InChI=1S/C11H14N2O3/c1-16-10-4-2-8(3-5-10)12-11(15)13-6-9(14)7-13/h2-5,9,14H,6-7H2,1H3,(H,12,15). The van der Waals surface area contributed by atoms with Gasteiger partial charge in [0.25, 0.3) is 0 Å². The quantitative estimate of drug-likeness (QED) is 0.781. The molecule has 1 aromatic carbocycles. The lowest BCUT2D eigenvalue weighted by atomic mass is 10.2. The molecule has 1 saturated heterocycles. The average molecular weight is 222 g/mol. The molecule has 0 atom stereocenters. The molecule has 1 fully saturated rings. The van der Waals surface area contributed by atoms with Gasteiger partial charge in [-0.1, -0.05) is 0 Å². The maximum absolute atomic E-state index is 11.6. The molecule has 0 radical (unpaired) electrons. The zero-order chi connectivity index (χ0) is 11.5. The number of benzene rings is 1. The Labute approximate surface area is 93.6 Å². The zero-order valence-corrected chi connectivity index (χ0v) is 9.01. The molecule has 5 heteroatoms. The summed E-state index contributed by atoms with van der Waals surface area (Å²) in [6, 6.07) is 6.91. The van der Waals surface area contributed by atoms with Crippen LogP contribution in [0.3, 0.4) is 0 Å². The molecule has 2 amide bonds. The SMILES string of the molecule is COc1ccc(NC(=O)N2CC(O)C2)cc1. The number of aliphatic hydroxyl groups excluding tert-OH is 1. The minimum atomic E-state index is -0.374. The Kier molecular flexibility index (Phi) is 2.96. The van der Waals surface area contributed by atoms with Gasteiger partial charge in [-0.05, 0) is 24.3 Å². The van der Waals surface area contributed by atoms with E-state index in [9.17, 15) is 4.79 Å². The Bertz CT molecular complexity index is 371. The number of urea groups is 1. The van der Waals surface area contributed by atoms with Gasteiger partial charge in [0, 0.05) is 5.69 Å². The minimum absolute atomic E-state index is 0.185. The molecule has 86 valence electrons.